The van der Waals surface area contributed by atoms with Crippen LogP contribution in [-0.4, -0.2) is 47.9 Å². The third-order valence-corrected chi connectivity index (χ3v) is 3.47. The number of rotatable bonds is 3. The lowest BCUT2D eigenvalue weighted by Crippen LogP contribution is -2.56. The van der Waals surface area contributed by atoms with Gasteiger partial charge in [-0.25, -0.2) is 4.98 Å². The van der Waals surface area contributed by atoms with Gasteiger partial charge in [-0.2, -0.15) is 0 Å². The van der Waals surface area contributed by atoms with Gasteiger partial charge >= 0.3 is 0 Å². The van der Waals surface area contributed by atoms with Crippen LogP contribution in [-0.2, 0) is 4.79 Å². The largest absolute Gasteiger partial charge is 0.373 e. The summed E-state index contributed by atoms with van der Waals surface area (Å²) in [5.41, 5.74) is 0.433. The van der Waals surface area contributed by atoms with Crippen molar-refractivity contribution in [1.29, 1.82) is 0 Å². The first-order valence-electron chi connectivity index (χ1n) is 6.50. The molecule has 1 atom stereocenters. The molecule has 1 aromatic rings. The van der Waals surface area contributed by atoms with E-state index in [4.69, 9.17) is 11.6 Å². The summed E-state index contributed by atoms with van der Waals surface area (Å²) in [6, 6.07) is 2.72. The summed E-state index contributed by atoms with van der Waals surface area (Å²) in [5.74, 6) is 0.212. The highest BCUT2D eigenvalue weighted by molar-refractivity contribution is 6.30. The number of pyridine rings is 1. The number of anilines is 1. The van der Waals surface area contributed by atoms with Crippen molar-refractivity contribution in [2.75, 3.05) is 25.5 Å². The smallest absolute Gasteiger partial charge is 0.254 e. The zero-order valence-corrected chi connectivity index (χ0v) is 12.2. The SMILES string of the molecule is CCC1C(=O)NCCN1C(=O)c1cc(Cl)nc(NC)c1. The molecule has 1 unspecified atom stereocenters. The molecule has 2 heterocycles. The van der Waals surface area contributed by atoms with Crippen LogP contribution in [0.3, 0.4) is 0 Å². The molecule has 108 valence electrons. The third kappa shape index (κ3) is 2.85. The van der Waals surface area contributed by atoms with Gasteiger partial charge in [-0.05, 0) is 18.6 Å². The number of carbonyl (C=O) groups excluding carboxylic acids is 2. The van der Waals surface area contributed by atoms with Crippen molar-refractivity contribution < 1.29 is 9.59 Å². The summed E-state index contributed by atoms with van der Waals surface area (Å²) in [4.78, 5) is 30.0. The van der Waals surface area contributed by atoms with E-state index in [-0.39, 0.29) is 17.0 Å². The monoisotopic (exact) mass is 296 g/mol. The van der Waals surface area contributed by atoms with Gasteiger partial charge in [-0.1, -0.05) is 18.5 Å². The Kier molecular flexibility index (Phi) is 4.44. The van der Waals surface area contributed by atoms with Gasteiger partial charge in [0.05, 0.1) is 0 Å². The van der Waals surface area contributed by atoms with E-state index in [1.54, 1.807) is 18.0 Å². The fourth-order valence-electron chi connectivity index (χ4n) is 2.28. The number of carbonyl (C=O) groups is 2. The quantitative estimate of drug-likeness (QED) is 0.820. The lowest BCUT2D eigenvalue weighted by Gasteiger charge is -2.34. The average molecular weight is 297 g/mol. The maximum Gasteiger partial charge on any atom is 0.254 e. The highest BCUT2D eigenvalue weighted by atomic mass is 35.5. The summed E-state index contributed by atoms with van der Waals surface area (Å²) in [6.07, 6.45) is 0.579. The molecule has 0 radical (unpaired) electrons. The predicted octanol–water partition coefficient (Wildman–Crippen LogP) is 1.13. The second-order valence-electron chi connectivity index (χ2n) is 4.53. The van der Waals surface area contributed by atoms with Gasteiger partial charge in [0, 0.05) is 25.7 Å². The van der Waals surface area contributed by atoms with Crippen LogP contribution < -0.4 is 10.6 Å². The Balaban J connectivity index is 2.30. The van der Waals surface area contributed by atoms with E-state index in [1.165, 1.54) is 6.07 Å². The summed E-state index contributed by atoms with van der Waals surface area (Å²) < 4.78 is 0. The molecular formula is C13H17ClN4O2. The van der Waals surface area contributed by atoms with Gasteiger partial charge in [0.2, 0.25) is 5.91 Å². The van der Waals surface area contributed by atoms with Crippen LogP contribution in [0.15, 0.2) is 12.1 Å². The molecule has 0 aliphatic carbocycles. The molecule has 1 aliphatic rings. The highest BCUT2D eigenvalue weighted by Gasteiger charge is 2.32. The van der Waals surface area contributed by atoms with E-state index in [0.29, 0.717) is 30.9 Å². The number of hydrogen-bond donors (Lipinski definition) is 2. The molecule has 1 aliphatic heterocycles. The van der Waals surface area contributed by atoms with Crippen molar-refractivity contribution in [3.63, 3.8) is 0 Å². The topological polar surface area (TPSA) is 74.3 Å². The number of amides is 2. The molecule has 2 rings (SSSR count). The van der Waals surface area contributed by atoms with Crippen LogP contribution in [0.2, 0.25) is 5.15 Å². The number of nitrogens with one attached hydrogen (secondary N) is 2. The van der Waals surface area contributed by atoms with Crippen LogP contribution in [0.25, 0.3) is 0 Å². The molecule has 1 aromatic heterocycles. The zero-order valence-electron chi connectivity index (χ0n) is 11.4. The first-order valence-corrected chi connectivity index (χ1v) is 6.88. The first kappa shape index (κ1) is 14.6. The Bertz CT molecular complexity index is 535. The standard InChI is InChI=1S/C13H17ClN4O2/c1-3-9-12(19)16-4-5-18(9)13(20)8-6-10(14)17-11(7-8)15-2/h6-7,9H,3-5H2,1-2H3,(H,15,17)(H,16,19). The van der Waals surface area contributed by atoms with Crippen LogP contribution in [0.4, 0.5) is 5.82 Å². The predicted molar refractivity (Wildman–Crippen MR) is 76.9 cm³/mol. The van der Waals surface area contributed by atoms with E-state index in [1.807, 2.05) is 6.92 Å². The maximum absolute atomic E-state index is 12.6. The van der Waals surface area contributed by atoms with Crippen molar-refractivity contribution in [1.82, 2.24) is 15.2 Å². The molecule has 2 amide bonds. The molecule has 1 saturated heterocycles. The van der Waals surface area contributed by atoms with Gasteiger partial charge in [0.15, 0.2) is 0 Å². The Morgan fingerprint density at radius 3 is 3.00 bits per heavy atom. The van der Waals surface area contributed by atoms with Crippen molar-refractivity contribution >= 4 is 29.2 Å². The van der Waals surface area contributed by atoms with Gasteiger partial charge < -0.3 is 15.5 Å². The molecule has 2 N–H and O–H groups in total. The molecule has 20 heavy (non-hydrogen) atoms. The van der Waals surface area contributed by atoms with Gasteiger partial charge in [0.25, 0.3) is 5.91 Å². The van der Waals surface area contributed by atoms with Crippen LogP contribution >= 0.6 is 11.6 Å². The second-order valence-corrected chi connectivity index (χ2v) is 4.91. The Hall–Kier alpha value is -1.82. The maximum atomic E-state index is 12.6. The number of aromatic nitrogens is 1. The van der Waals surface area contributed by atoms with Gasteiger partial charge in [-0.15, -0.1) is 0 Å². The Labute approximate surface area is 122 Å². The molecule has 6 nitrogen and oxygen atoms in total. The van der Waals surface area contributed by atoms with Crippen LogP contribution in [0, 0.1) is 0 Å². The second kappa shape index (κ2) is 6.09. The van der Waals surface area contributed by atoms with E-state index in [9.17, 15) is 9.59 Å². The Morgan fingerprint density at radius 2 is 2.35 bits per heavy atom. The first-order chi connectivity index (χ1) is 9.56. The van der Waals surface area contributed by atoms with Crippen molar-refractivity contribution in [2.24, 2.45) is 0 Å². The molecular weight excluding hydrogens is 280 g/mol. The fourth-order valence-corrected chi connectivity index (χ4v) is 2.49. The summed E-state index contributed by atoms with van der Waals surface area (Å²) in [5, 5.41) is 5.87. The van der Waals surface area contributed by atoms with E-state index in [0.717, 1.165) is 0 Å². The molecule has 0 aromatic carbocycles. The molecule has 0 saturated carbocycles. The average Bonchev–Trinajstić information content (AvgIpc) is 2.45. The number of hydrogen-bond acceptors (Lipinski definition) is 4. The normalized spacial score (nSPS) is 18.6. The summed E-state index contributed by atoms with van der Waals surface area (Å²) >= 11 is 5.91. The van der Waals surface area contributed by atoms with Crippen molar-refractivity contribution in [3.05, 3.63) is 22.8 Å². The van der Waals surface area contributed by atoms with Crippen LogP contribution in [0.1, 0.15) is 23.7 Å². The number of piperazine rings is 1. The number of nitrogens with zero attached hydrogens (tertiary/aromatic N) is 2. The molecule has 7 heteroatoms. The van der Waals surface area contributed by atoms with E-state index < -0.39 is 6.04 Å². The minimum Gasteiger partial charge on any atom is -0.373 e. The minimum atomic E-state index is -0.429. The fraction of sp³-hybridized carbons (Fsp3) is 0.462. The third-order valence-electron chi connectivity index (χ3n) is 3.28. The Morgan fingerprint density at radius 1 is 1.60 bits per heavy atom. The summed E-state index contributed by atoms with van der Waals surface area (Å²) in [7, 11) is 1.70. The molecule has 1 fully saturated rings. The number of halogens is 1. The van der Waals surface area contributed by atoms with E-state index >= 15 is 0 Å². The minimum absolute atomic E-state index is 0.110. The van der Waals surface area contributed by atoms with Crippen molar-refractivity contribution in [3.8, 4) is 0 Å². The van der Waals surface area contributed by atoms with E-state index in [2.05, 4.69) is 15.6 Å². The lowest BCUT2D eigenvalue weighted by atomic mass is 10.1. The summed E-state index contributed by atoms with van der Waals surface area (Å²) in [6.45, 7) is 2.85. The highest BCUT2D eigenvalue weighted by Crippen LogP contribution is 2.18. The molecule has 0 spiro atoms. The van der Waals surface area contributed by atoms with Gasteiger partial charge in [0.1, 0.15) is 17.0 Å². The van der Waals surface area contributed by atoms with Gasteiger partial charge in [-0.3, -0.25) is 9.59 Å². The van der Waals surface area contributed by atoms with Crippen LogP contribution in [0.5, 0.6) is 0 Å². The van der Waals surface area contributed by atoms with Crippen molar-refractivity contribution in [2.45, 2.75) is 19.4 Å². The lowest BCUT2D eigenvalue weighted by molar-refractivity contribution is -0.127. The molecule has 0 bridgehead atoms. The zero-order chi connectivity index (χ0) is 14.7.